The molecule has 0 heterocycles. The molecule has 0 aromatic heterocycles. The number of nitrogens with zero attached hydrogens (tertiary/aromatic N) is 1. The average molecular weight is 346 g/mol. The Hall–Kier alpha value is -1.27. The van der Waals surface area contributed by atoms with Gasteiger partial charge in [0.05, 0.1) is 20.1 Å². The molecule has 0 amide bonds. The lowest BCUT2D eigenvalue weighted by Crippen LogP contribution is -2.28. The summed E-state index contributed by atoms with van der Waals surface area (Å²) >= 11 is 3.50. The maximum atomic E-state index is 10.9. The van der Waals surface area contributed by atoms with Gasteiger partial charge in [0.1, 0.15) is 11.5 Å². The monoisotopic (exact) mass is 345 g/mol. The SMILES string of the molecule is COc1cc(Br)c(CN(C)CC(C)C(=O)O)c(OC)c1. The molecular formula is C14H20BrNO4. The molecule has 0 fully saturated rings. The Bertz CT molecular complexity index is 478. The Labute approximate surface area is 127 Å². The fourth-order valence-corrected chi connectivity index (χ4v) is 2.47. The number of hydrogen-bond acceptors (Lipinski definition) is 4. The van der Waals surface area contributed by atoms with Gasteiger partial charge >= 0.3 is 5.97 Å². The number of aliphatic carboxylic acids is 1. The van der Waals surface area contributed by atoms with Crippen LogP contribution in [0.4, 0.5) is 0 Å². The average Bonchev–Trinajstić information content (AvgIpc) is 2.40. The molecule has 0 spiro atoms. The predicted molar refractivity (Wildman–Crippen MR) is 80.4 cm³/mol. The highest BCUT2D eigenvalue weighted by Crippen LogP contribution is 2.33. The van der Waals surface area contributed by atoms with Crippen molar-refractivity contribution in [3.05, 3.63) is 22.2 Å². The van der Waals surface area contributed by atoms with Crippen molar-refractivity contribution in [2.75, 3.05) is 27.8 Å². The number of benzene rings is 1. The molecule has 1 N–H and O–H groups in total. The summed E-state index contributed by atoms with van der Waals surface area (Å²) in [6.45, 7) is 2.75. The lowest BCUT2D eigenvalue weighted by atomic mass is 10.1. The van der Waals surface area contributed by atoms with E-state index >= 15 is 0 Å². The van der Waals surface area contributed by atoms with Gasteiger partial charge in [-0.2, -0.15) is 0 Å². The number of hydrogen-bond donors (Lipinski definition) is 1. The third-order valence-corrected chi connectivity index (χ3v) is 3.73. The summed E-state index contributed by atoms with van der Waals surface area (Å²) in [5, 5.41) is 8.94. The Morgan fingerprint density at radius 2 is 2.05 bits per heavy atom. The summed E-state index contributed by atoms with van der Waals surface area (Å²) in [5.74, 6) is 0.214. The van der Waals surface area contributed by atoms with Crippen LogP contribution in [0.2, 0.25) is 0 Å². The topological polar surface area (TPSA) is 59.0 Å². The first-order valence-electron chi connectivity index (χ1n) is 6.20. The van der Waals surface area contributed by atoms with E-state index in [-0.39, 0.29) is 0 Å². The molecule has 6 heteroatoms. The number of halogens is 1. The predicted octanol–water partition coefficient (Wildman–Crippen LogP) is 2.62. The summed E-state index contributed by atoms with van der Waals surface area (Å²) in [5.41, 5.74) is 0.966. The zero-order valence-corrected chi connectivity index (χ0v) is 13.7. The van der Waals surface area contributed by atoms with Gasteiger partial charge in [-0.15, -0.1) is 0 Å². The van der Waals surface area contributed by atoms with Crippen LogP contribution in [0, 0.1) is 5.92 Å². The highest BCUT2D eigenvalue weighted by Gasteiger charge is 2.17. The highest BCUT2D eigenvalue weighted by atomic mass is 79.9. The molecule has 1 rings (SSSR count). The van der Waals surface area contributed by atoms with Crippen LogP contribution in [0.1, 0.15) is 12.5 Å². The van der Waals surface area contributed by atoms with Gasteiger partial charge in [0.2, 0.25) is 0 Å². The van der Waals surface area contributed by atoms with Crippen LogP contribution in [-0.4, -0.2) is 43.8 Å². The first kappa shape index (κ1) is 16.8. The molecule has 1 atom stereocenters. The summed E-state index contributed by atoms with van der Waals surface area (Å²) in [6.07, 6.45) is 0. The summed E-state index contributed by atoms with van der Waals surface area (Å²) in [6, 6.07) is 3.68. The number of carboxylic acid groups (broad SMARTS) is 1. The van der Waals surface area contributed by atoms with Crippen LogP contribution in [0.15, 0.2) is 16.6 Å². The summed E-state index contributed by atoms with van der Waals surface area (Å²) in [7, 11) is 5.09. The smallest absolute Gasteiger partial charge is 0.307 e. The minimum absolute atomic E-state index is 0.414. The number of methoxy groups -OCH3 is 2. The van der Waals surface area contributed by atoms with Gasteiger partial charge in [-0.3, -0.25) is 4.79 Å². The maximum absolute atomic E-state index is 10.9. The van der Waals surface area contributed by atoms with Crippen molar-refractivity contribution in [2.24, 2.45) is 5.92 Å². The Balaban J connectivity index is 2.88. The van der Waals surface area contributed by atoms with E-state index < -0.39 is 11.9 Å². The number of ether oxygens (including phenoxy) is 2. The van der Waals surface area contributed by atoms with Gasteiger partial charge in [0.25, 0.3) is 0 Å². The minimum atomic E-state index is -0.794. The van der Waals surface area contributed by atoms with Crippen molar-refractivity contribution in [3.8, 4) is 11.5 Å². The van der Waals surface area contributed by atoms with Crippen LogP contribution in [-0.2, 0) is 11.3 Å². The van der Waals surface area contributed by atoms with Gasteiger partial charge in [0, 0.05) is 29.2 Å². The van der Waals surface area contributed by atoms with Crippen molar-refractivity contribution < 1.29 is 19.4 Å². The molecule has 112 valence electrons. The molecule has 0 aliphatic carbocycles. The molecule has 0 saturated heterocycles. The first-order chi connectivity index (χ1) is 9.38. The van der Waals surface area contributed by atoms with E-state index in [1.807, 2.05) is 24.1 Å². The van der Waals surface area contributed by atoms with E-state index in [1.54, 1.807) is 21.1 Å². The van der Waals surface area contributed by atoms with Crippen molar-refractivity contribution in [1.82, 2.24) is 4.90 Å². The Morgan fingerprint density at radius 1 is 1.40 bits per heavy atom. The van der Waals surface area contributed by atoms with E-state index in [0.29, 0.717) is 24.6 Å². The van der Waals surface area contributed by atoms with E-state index in [4.69, 9.17) is 14.6 Å². The minimum Gasteiger partial charge on any atom is -0.497 e. The number of rotatable bonds is 7. The van der Waals surface area contributed by atoms with E-state index in [1.165, 1.54) is 0 Å². The van der Waals surface area contributed by atoms with Crippen LogP contribution in [0.5, 0.6) is 11.5 Å². The van der Waals surface area contributed by atoms with E-state index in [0.717, 1.165) is 10.0 Å². The van der Waals surface area contributed by atoms with Crippen molar-refractivity contribution in [3.63, 3.8) is 0 Å². The van der Waals surface area contributed by atoms with Crippen LogP contribution >= 0.6 is 15.9 Å². The third kappa shape index (κ3) is 4.38. The second-order valence-corrected chi connectivity index (χ2v) is 5.58. The fraction of sp³-hybridized carbons (Fsp3) is 0.500. The second-order valence-electron chi connectivity index (χ2n) is 4.73. The molecule has 0 saturated carbocycles. The third-order valence-electron chi connectivity index (χ3n) is 3.02. The van der Waals surface area contributed by atoms with Gasteiger partial charge in [-0.1, -0.05) is 22.9 Å². The molecule has 0 aliphatic heterocycles. The lowest BCUT2D eigenvalue weighted by molar-refractivity contribution is -0.141. The largest absolute Gasteiger partial charge is 0.497 e. The highest BCUT2D eigenvalue weighted by molar-refractivity contribution is 9.10. The normalized spacial score (nSPS) is 12.3. The Kier molecular flexibility index (Phi) is 6.29. The zero-order chi connectivity index (χ0) is 15.3. The molecule has 1 aromatic carbocycles. The molecule has 0 aliphatic rings. The molecule has 1 aromatic rings. The fourth-order valence-electron chi connectivity index (χ4n) is 1.92. The zero-order valence-electron chi connectivity index (χ0n) is 12.1. The van der Waals surface area contributed by atoms with Gasteiger partial charge in [-0.05, 0) is 13.1 Å². The van der Waals surface area contributed by atoms with Gasteiger partial charge < -0.3 is 19.5 Å². The van der Waals surface area contributed by atoms with Gasteiger partial charge in [0.15, 0.2) is 0 Å². The van der Waals surface area contributed by atoms with Crippen molar-refractivity contribution in [2.45, 2.75) is 13.5 Å². The van der Waals surface area contributed by atoms with Crippen LogP contribution < -0.4 is 9.47 Å². The summed E-state index contributed by atoms with van der Waals surface area (Å²) < 4.78 is 11.4. The molecule has 0 bridgehead atoms. The quantitative estimate of drug-likeness (QED) is 0.823. The van der Waals surface area contributed by atoms with E-state index in [2.05, 4.69) is 15.9 Å². The first-order valence-corrected chi connectivity index (χ1v) is 7.00. The number of carbonyl (C=O) groups is 1. The van der Waals surface area contributed by atoms with Crippen molar-refractivity contribution >= 4 is 21.9 Å². The molecule has 0 radical (unpaired) electrons. The van der Waals surface area contributed by atoms with E-state index in [9.17, 15) is 4.79 Å². The maximum Gasteiger partial charge on any atom is 0.307 e. The molecule has 5 nitrogen and oxygen atoms in total. The van der Waals surface area contributed by atoms with Gasteiger partial charge in [-0.25, -0.2) is 0 Å². The Morgan fingerprint density at radius 3 is 2.55 bits per heavy atom. The second kappa shape index (κ2) is 7.50. The van der Waals surface area contributed by atoms with Crippen LogP contribution in [0.25, 0.3) is 0 Å². The van der Waals surface area contributed by atoms with Crippen molar-refractivity contribution in [1.29, 1.82) is 0 Å². The number of carboxylic acids is 1. The molecule has 20 heavy (non-hydrogen) atoms. The molecule has 1 unspecified atom stereocenters. The summed E-state index contributed by atoms with van der Waals surface area (Å²) in [4.78, 5) is 12.8. The standard InChI is InChI=1S/C14H20BrNO4/c1-9(14(17)18)7-16(2)8-11-12(15)5-10(19-3)6-13(11)20-4/h5-6,9H,7-8H2,1-4H3,(H,17,18). The van der Waals surface area contributed by atoms with Crippen LogP contribution in [0.3, 0.4) is 0 Å². The molecular weight excluding hydrogens is 326 g/mol. The lowest BCUT2D eigenvalue weighted by Gasteiger charge is -2.21.